The van der Waals surface area contributed by atoms with Gasteiger partial charge >= 0.3 is 0 Å². The Morgan fingerprint density at radius 1 is 1.07 bits per heavy atom. The number of anilines is 1. The van der Waals surface area contributed by atoms with E-state index in [0.717, 1.165) is 5.56 Å². The maximum atomic E-state index is 12.2. The summed E-state index contributed by atoms with van der Waals surface area (Å²) in [5.41, 5.74) is 1.73. The van der Waals surface area contributed by atoms with E-state index < -0.39 is 0 Å². The Balaban J connectivity index is 1.23. The van der Waals surface area contributed by atoms with Gasteiger partial charge in [-0.3, -0.25) is 9.59 Å². The summed E-state index contributed by atoms with van der Waals surface area (Å²) in [6, 6.07) is 14.5. The van der Waals surface area contributed by atoms with Gasteiger partial charge in [0.05, 0.1) is 19.2 Å². The molecule has 0 saturated heterocycles. The second kappa shape index (κ2) is 8.42. The molecule has 1 aliphatic heterocycles. The van der Waals surface area contributed by atoms with Crippen molar-refractivity contribution >= 4 is 17.5 Å². The molecule has 0 radical (unpaired) electrons. The number of ether oxygens (including phenoxy) is 2. The summed E-state index contributed by atoms with van der Waals surface area (Å²) in [5.74, 6) is 0.881. The van der Waals surface area contributed by atoms with Gasteiger partial charge in [-0.2, -0.15) is 0 Å². The Kier molecular flexibility index (Phi) is 5.37. The number of hydrogen-bond donors (Lipinski definition) is 2. The van der Waals surface area contributed by atoms with Gasteiger partial charge in [-0.1, -0.05) is 29.5 Å². The van der Waals surface area contributed by atoms with Crippen LogP contribution in [0.5, 0.6) is 11.5 Å². The molecule has 0 atom stereocenters. The predicted molar refractivity (Wildman–Crippen MR) is 104 cm³/mol. The fourth-order valence-electron chi connectivity index (χ4n) is 2.84. The molecule has 0 spiro atoms. The van der Waals surface area contributed by atoms with Crippen LogP contribution in [0.15, 0.2) is 54.7 Å². The number of para-hydroxylation sites is 1. The first-order chi connectivity index (χ1) is 14.2. The van der Waals surface area contributed by atoms with E-state index >= 15 is 0 Å². The lowest BCUT2D eigenvalue weighted by Gasteiger charge is -2.06. The molecule has 4 rings (SSSR count). The van der Waals surface area contributed by atoms with Crippen molar-refractivity contribution in [2.24, 2.45) is 0 Å². The molecular formula is C20H19N5O4. The highest BCUT2D eigenvalue weighted by molar-refractivity contribution is 6.02. The van der Waals surface area contributed by atoms with Crippen LogP contribution < -0.4 is 20.1 Å². The topological polar surface area (TPSA) is 107 Å². The van der Waals surface area contributed by atoms with Crippen molar-refractivity contribution in [1.82, 2.24) is 20.3 Å². The van der Waals surface area contributed by atoms with E-state index in [4.69, 9.17) is 9.47 Å². The maximum absolute atomic E-state index is 12.2. The Labute approximate surface area is 166 Å². The van der Waals surface area contributed by atoms with Gasteiger partial charge in [0.25, 0.3) is 5.91 Å². The lowest BCUT2D eigenvalue weighted by molar-refractivity contribution is -0.120. The lowest BCUT2D eigenvalue weighted by atomic mass is 10.1. The Hall–Kier alpha value is -3.88. The van der Waals surface area contributed by atoms with Crippen molar-refractivity contribution in [3.8, 4) is 11.5 Å². The fourth-order valence-corrected chi connectivity index (χ4v) is 2.84. The first kappa shape index (κ1) is 18.5. The van der Waals surface area contributed by atoms with Crippen LogP contribution in [0.4, 0.5) is 5.69 Å². The van der Waals surface area contributed by atoms with Crippen LogP contribution >= 0.6 is 0 Å². The van der Waals surface area contributed by atoms with Gasteiger partial charge in [0.1, 0.15) is 0 Å². The third kappa shape index (κ3) is 4.70. The van der Waals surface area contributed by atoms with Crippen LogP contribution in [0.25, 0.3) is 0 Å². The number of fused-ring (bicyclic) bond motifs is 1. The first-order valence-electron chi connectivity index (χ1n) is 9.09. The van der Waals surface area contributed by atoms with Crippen LogP contribution in [-0.2, 0) is 17.8 Å². The van der Waals surface area contributed by atoms with E-state index in [-0.39, 0.29) is 30.7 Å². The minimum Gasteiger partial charge on any atom is -0.454 e. The van der Waals surface area contributed by atoms with Crippen LogP contribution in [0, 0.1) is 0 Å². The molecule has 9 nitrogen and oxygen atoms in total. The molecule has 0 bridgehead atoms. The summed E-state index contributed by atoms with van der Waals surface area (Å²) in [7, 11) is 0. The molecule has 29 heavy (non-hydrogen) atoms. The number of nitrogens with one attached hydrogen (secondary N) is 2. The molecule has 1 aliphatic rings. The van der Waals surface area contributed by atoms with Gasteiger partial charge in [0, 0.05) is 12.2 Å². The molecule has 1 aromatic heterocycles. The van der Waals surface area contributed by atoms with Gasteiger partial charge in [-0.05, 0) is 29.8 Å². The number of benzene rings is 2. The number of aromatic nitrogens is 3. The molecular weight excluding hydrogens is 374 g/mol. The van der Waals surface area contributed by atoms with Gasteiger partial charge in [0.2, 0.25) is 12.7 Å². The highest BCUT2D eigenvalue weighted by atomic mass is 16.7. The largest absolute Gasteiger partial charge is 0.454 e. The third-order valence-electron chi connectivity index (χ3n) is 4.27. The van der Waals surface area contributed by atoms with E-state index in [1.54, 1.807) is 30.5 Å². The highest BCUT2D eigenvalue weighted by Gasteiger charge is 2.15. The van der Waals surface area contributed by atoms with Crippen LogP contribution in [0.2, 0.25) is 0 Å². The molecule has 148 valence electrons. The molecule has 9 heteroatoms. The van der Waals surface area contributed by atoms with Gasteiger partial charge in [0.15, 0.2) is 17.2 Å². The summed E-state index contributed by atoms with van der Waals surface area (Å²) in [6.45, 7) is 0.971. The molecule has 2 N–H and O–H groups in total. The van der Waals surface area contributed by atoms with Crippen molar-refractivity contribution in [2.45, 2.75) is 13.0 Å². The van der Waals surface area contributed by atoms with Gasteiger partial charge in [-0.15, -0.1) is 5.10 Å². The number of rotatable bonds is 7. The van der Waals surface area contributed by atoms with Gasteiger partial charge < -0.3 is 20.1 Å². The van der Waals surface area contributed by atoms with E-state index in [1.165, 1.54) is 4.68 Å². The van der Waals surface area contributed by atoms with Crippen LogP contribution in [0.1, 0.15) is 16.1 Å². The molecule has 0 unspecified atom stereocenters. The third-order valence-corrected chi connectivity index (χ3v) is 4.27. The molecule has 2 amide bonds. The fraction of sp³-hybridized carbons (Fsp3) is 0.200. The average molecular weight is 393 g/mol. The average Bonchev–Trinajstić information content (AvgIpc) is 3.38. The number of carbonyl (C=O) groups is 2. The van der Waals surface area contributed by atoms with Crippen LogP contribution in [0.3, 0.4) is 0 Å². The standard InChI is InChI=1S/C20H19N5O4/c26-19(11-14-6-7-17-18(10-14)29-13-28-17)21-8-9-25-12-16(23-24-25)20(27)22-15-4-2-1-3-5-15/h1-7,10,12H,8-9,11,13H2,(H,21,26)(H,22,27). The summed E-state index contributed by atoms with van der Waals surface area (Å²) < 4.78 is 12.1. The summed E-state index contributed by atoms with van der Waals surface area (Å²) in [6.07, 6.45) is 1.78. The SMILES string of the molecule is O=C(Cc1ccc2c(c1)OCO2)NCCn1cc(C(=O)Nc2ccccc2)nn1. The van der Waals surface area contributed by atoms with E-state index in [9.17, 15) is 9.59 Å². The maximum Gasteiger partial charge on any atom is 0.277 e. The second-order valence-electron chi connectivity index (χ2n) is 6.40. The minimum absolute atomic E-state index is 0.119. The molecule has 2 heterocycles. The molecule has 0 aliphatic carbocycles. The molecule has 2 aromatic carbocycles. The van der Waals surface area contributed by atoms with Crippen molar-refractivity contribution < 1.29 is 19.1 Å². The Morgan fingerprint density at radius 3 is 2.76 bits per heavy atom. The summed E-state index contributed by atoms with van der Waals surface area (Å²) in [5, 5.41) is 13.4. The summed E-state index contributed by atoms with van der Waals surface area (Å²) >= 11 is 0. The van der Waals surface area contributed by atoms with Crippen molar-refractivity contribution in [3.05, 3.63) is 66.0 Å². The second-order valence-corrected chi connectivity index (χ2v) is 6.40. The summed E-state index contributed by atoms with van der Waals surface area (Å²) in [4.78, 5) is 24.3. The number of nitrogens with zero attached hydrogens (tertiary/aromatic N) is 3. The first-order valence-corrected chi connectivity index (χ1v) is 9.09. The zero-order chi connectivity index (χ0) is 20.1. The monoisotopic (exact) mass is 393 g/mol. The van der Waals surface area contributed by atoms with Crippen LogP contribution in [-0.4, -0.2) is 40.1 Å². The van der Waals surface area contributed by atoms with E-state index in [0.29, 0.717) is 30.3 Å². The van der Waals surface area contributed by atoms with Crippen molar-refractivity contribution in [3.63, 3.8) is 0 Å². The number of hydrogen-bond acceptors (Lipinski definition) is 6. The highest BCUT2D eigenvalue weighted by Crippen LogP contribution is 2.32. The molecule has 0 saturated carbocycles. The number of amides is 2. The quantitative estimate of drug-likeness (QED) is 0.632. The lowest BCUT2D eigenvalue weighted by Crippen LogP contribution is -2.28. The van der Waals surface area contributed by atoms with E-state index in [1.807, 2.05) is 24.3 Å². The Morgan fingerprint density at radius 2 is 1.90 bits per heavy atom. The van der Waals surface area contributed by atoms with Crippen molar-refractivity contribution in [2.75, 3.05) is 18.7 Å². The zero-order valence-corrected chi connectivity index (χ0v) is 15.5. The Bertz CT molecular complexity index is 1020. The molecule has 0 fully saturated rings. The van der Waals surface area contributed by atoms with Crippen molar-refractivity contribution in [1.29, 1.82) is 0 Å². The van der Waals surface area contributed by atoms with E-state index in [2.05, 4.69) is 20.9 Å². The van der Waals surface area contributed by atoms with Gasteiger partial charge in [-0.25, -0.2) is 4.68 Å². The molecule has 3 aromatic rings. The number of carbonyl (C=O) groups excluding carboxylic acids is 2. The smallest absolute Gasteiger partial charge is 0.277 e. The zero-order valence-electron chi connectivity index (χ0n) is 15.5. The minimum atomic E-state index is -0.339. The predicted octanol–water partition coefficient (Wildman–Crippen LogP) is 1.62. The normalized spacial score (nSPS) is 11.9.